The number of carbonyl (C=O) groups is 1. The second kappa shape index (κ2) is 7.22. The molecule has 0 spiro atoms. The largest absolute Gasteiger partial charge is 0.457 e. The molecule has 1 aromatic heterocycles. The average molecular weight is 304 g/mol. The molecule has 3 rings (SSSR count). The molecule has 0 saturated carbocycles. The van der Waals surface area contributed by atoms with E-state index in [1.165, 1.54) is 0 Å². The van der Waals surface area contributed by atoms with Gasteiger partial charge in [-0.2, -0.15) is 0 Å². The predicted molar refractivity (Wildman–Crippen MR) is 88.4 cm³/mol. The average Bonchev–Trinajstić information content (AvgIpc) is 2.62. The van der Waals surface area contributed by atoms with E-state index in [1.807, 2.05) is 54.6 Å². The monoisotopic (exact) mass is 304 g/mol. The van der Waals surface area contributed by atoms with Crippen molar-refractivity contribution < 1.29 is 9.53 Å². The van der Waals surface area contributed by atoms with Gasteiger partial charge in [-0.3, -0.25) is 9.78 Å². The maximum absolute atomic E-state index is 12.2. The molecule has 0 saturated heterocycles. The van der Waals surface area contributed by atoms with Gasteiger partial charge in [0.25, 0.3) is 5.91 Å². The fourth-order valence-corrected chi connectivity index (χ4v) is 2.10. The maximum atomic E-state index is 12.2. The number of benzene rings is 2. The van der Waals surface area contributed by atoms with Gasteiger partial charge in [0.1, 0.15) is 11.5 Å². The molecule has 1 heterocycles. The Morgan fingerprint density at radius 3 is 2.48 bits per heavy atom. The Hall–Kier alpha value is -3.14. The van der Waals surface area contributed by atoms with Crippen LogP contribution in [0, 0.1) is 0 Å². The molecule has 23 heavy (non-hydrogen) atoms. The molecule has 0 radical (unpaired) electrons. The first-order valence-electron chi connectivity index (χ1n) is 7.32. The predicted octanol–water partition coefficient (Wildman–Crippen LogP) is 3.80. The van der Waals surface area contributed by atoms with E-state index in [1.54, 1.807) is 24.4 Å². The van der Waals surface area contributed by atoms with Gasteiger partial charge >= 0.3 is 0 Å². The van der Waals surface area contributed by atoms with Crippen LogP contribution in [0.2, 0.25) is 0 Å². The van der Waals surface area contributed by atoms with Crippen LogP contribution in [-0.4, -0.2) is 10.9 Å². The molecule has 0 fully saturated rings. The number of aromatic nitrogens is 1. The van der Waals surface area contributed by atoms with Crippen molar-refractivity contribution in [3.63, 3.8) is 0 Å². The third-order valence-electron chi connectivity index (χ3n) is 3.23. The highest BCUT2D eigenvalue weighted by Crippen LogP contribution is 2.21. The zero-order chi connectivity index (χ0) is 15.9. The summed E-state index contributed by atoms with van der Waals surface area (Å²) in [4.78, 5) is 16.4. The second-order valence-electron chi connectivity index (χ2n) is 4.95. The van der Waals surface area contributed by atoms with Gasteiger partial charge in [-0.05, 0) is 42.5 Å². The summed E-state index contributed by atoms with van der Waals surface area (Å²) in [6, 6.07) is 22.2. The number of hydrogen-bond donors (Lipinski definition) is 1. The molecule has 0 bridgehead atoms. The van der Waals surface area contributed by atoms with E-state index in [0.717, 1.165) is 11.4 Å². The van der Waals surface area contributed by atoms with Crippen molar-refractivity contribution in [2.75, 3.05) is 0 Å². The molecule has 114 valence electrons. The van der Waals surface area contributed by atoms with E-state index in [0.29, 0.717) is 17.9 Å². The van der Waals surface area contributed by atoms with Crippen LogP contribution in [0.15, 0.2) is 79.0 Å². The Kier molecular flexibility index (Phi) is 4.64. The van der Waals surface area contributed by atoms with Crippen LogP contribution in [0.5, 0.6) is 11.5 Å². The van der Waals surface area contributed by atoms with E-state index in [4.69, 9.17) is 4.74 Å². The number of amides is 1. The van der Waals surface area contributed by atoms with Crippen LogP contribution in [-0.2, 0) is 6.54 Å². The van der Waals surface area contributed by atoms with Gasteiger partial charge in [-0.15, -0.1) is 0 Å². The molecule has 0 aliphatic rings. The van der Waals surface area contributed by atoms with Crippen molar-refractivity contribution >= 4 is 5.91 Å². The smallest absolute Gasteiger partial charge is 0.251 e. The first-order valence-corrected chi connectivity index (χ1v) is 7.32. The Morgan fingerprint density at radius 2 is 1.70 bits per heavy atom. The molecule has 1 N–H and O–H groups in total. The number of rotatable bonds is 5. The van der Waals surface area contributed by atoms with Gasteiger partial charge in [0.15, 0.2) is 0 Å². The quantitative estimate of drug-likeness (QED) is 0.780. The van der Waals surface area contributed by atoms with E-state index in [-0.39, 0.29) is 5.91 Å². The minimum atomic E-state index is -0.158. The van der Waals surface area contributed by atoms with Crippen molar-refractivity contribution in [1.29, 1.82) is 0 Å². The summed E-state index contributed by atoms with van der Waals surface area (Å²) in [5.41, 5.74) is 1.37. The molecule has 0 atom stereocenters. The molecule has 0 unspecified atom stereocenters. The van der Waals surface area contributed by atoms with E-state index >= 15 is 0 Å². The highest BCUT2D eigenvalue weighted by Gasteiger charge is 2.07. The Balaban J connectivity index is 1.65. The van der Waals surface area contributed by atoms with Crippen molar-refractivity contribution in [3.8, 4) is 11.5 Å². The molecule has 2 aromatic carbocycles. The number of ether oxygens (including phenoxy) is 1. The van der Waals surface area contributed by atoms with Gasteiger partial charge in [-0.1, -0.05) is 30.3 Å². The molecule has 0 aliphatic heterocycles. The van der Waals surface area contributed by atoms with Gasteiger partial charge in [-0.25, -0.2) is 0 Å². The zero-order valence-corrected chi connectivity index (χ0v) is 12.5. The number of para-hydroxylation sites is 1. The Labute approximate surface area is 134 Å². The first kappa shape index (κ1) is 14.8. The Morgan fingerprint density at radius 1 is 0.913 bits per heavy atom. The summed E-state index contributed by atoms with van der Waals surface area (Å²) < 4.78 is 5.74. The third-order valence-corrected chi connectivity index (χ3v) is 3.23. The summed E-state index contributed by atoms with van der Waals surface area (Å²) in [6.07, 6.45) is 1.70. The summed E-state index contributed by atoms with van der Waals surface area (Å²) >= 11 is 0. The summed E-state index contributed by atoms with van der Waals surface area (Å²) in [5.74, 6) is 1.20. The fraction of sp³-hybridized carbons (Fsp3) is 0.0526. The van der Waals surface area contributed by atoms with E-state index < -0.39 is 0 Å². The van der Waals surface area contributed by atoms with Crippen molar-refractivity contribution in [2.24, 2.45) is 0 Å². The van der Waals surface area contributed by atoms with Gasteiger partial charge in [0.2, 0.25) is 0 Å². The molecule has 4 nitrogen and oxygen atoms in total. The summed E-state index contributed by atoms with van der Waals surface area (Å²) in [5, 5.41) is 2.85. The zero-order valence-electron chi connectivity index (χ0n) is 12.5. The van der Waals surface area contributed by atoms with Crippen molar-refractivity contribution in [1.82, 2.24) is 10.3 Å². The second-order valence-corrected chi connectivity index (χ2v) is 4.95. The number of pyridine rings is 1. The molecule has 3 aromatic rings. The summed E-state index contributed by atoms with van der Waals surface area (Å²) in [7, 11) is 0. The van der Waals surface area contributed by atoms with Crippen LogP contribution in [0.3, 0.4) is 0 Å². The minimum absolute atomic E-state index is 0.158. The first-order chi connectivity index (χ1) is 11.3. The van der Waals surface area contributed by atoms with Gasteiger partial charge < -0.3 is 10.1 Å². The van der Waals surface area contributed by atoms with Crippen molar-refractivity contribution in [3.05, 3.63) is 90.3 Å². The molecule has 4 heteroatoms. The fourth-order valence-electron chi connectivity index (χ4n) is 2.10. The van der Waals surface area contributed by atoms with E-state index in [9.17, 15) is 4.79 Å². The van der Waals surface area contributed by atoms with Gasteiger partial charge in [0.05, 0.1) is 12.2 Å². The van der Waals surface area contributed by atoms with Crippen LogP contribution in [0.25, 0.3) is 0 Å². The highest BCUT2D eigenvalue weighted by molar-refractivity contribution is 5.94. The summed E-state index contributed by atoms with van der Waals surface area (Å²) in [6.45, 7) is 0.392. The minimum Gasteiger partial charge on any atom is -0.457 e. The lowest BCUT2D eigenvalue weighted by Crippen LogP contribution is -2.23. The Bertz CT molecular complexity index is 774. The van der Waals surface area contributed by atoms with Gasteiger partial charge in [0, 0.05) is 11.8 Å². The molecule has 1 amide bonds. The van der Waals surface area contributed by atoms with Crippen LogP contribution in [0.4, 0.5) is 0 Å². The lowest BCUT2D eigenvalue weighted by molar-refractivity contribution is 0.0950. The van der Waals surface area contributed by atoms with Crippen molar-refractivity contribution in [2.45, 2.75) is 6.54 Å². The van der Waals surface area contributed by atoms with Crippen LogP contribution >= 0.6 is 0 Å². The third kappa shape index (κ3) is 4.17. The lowest BCUT2D eigenvalue weighted by atomic mass is 10.2. The van der Waals surface area contributed by atoms with E-state index in [2.05, 4.69) is 10.3 Å². The van der Waals surface area contributed by atoms with Crippen LogP contribution in [0.1, 0.15) is 16.1 Å². The van der Waals surface area contributed by atoms with Crippen LogP contribution < -0.4 is 10.1 Å². The highest BCUT2D eigenvalue weighted by atomic mass is 16.5. The topological polar surface area (TPSA) is 51.2 Å². The molecule has 0 aliphatic carbocycles. The SMILES string of the molecule is O=C(NCc1ccccn1)c1cccc(Oc2ccccc2)c1. The standard InChI is InChI=1S/C19H16N2O2/c22-19(21-14-16-8-4-5-12-20-16)15-7-6-11-18(13-15)23-17-9-2-1-3-10-17/h1-13H,14H2,(H,21,22). The maximum Gasteiger partial charge on any atom is 0.251 e. The number of nitrogens with one attached hydrogen (secondary N) is 1. The number of carbonyl (C=O) groups excluding carboxylic acids is 1. The molecular formula is C19H16N2O2. The lowest BCUT2D eigenvalue weighted by Gasteiger charge is -2.08. The molecular weight excluding hydrogens is 288 g/mol. The number of nitrogens with zero attached hydrogens (tertiary/aromatic N) is 1. The number of hydrogen-bond acceptors (Lipinski definition) is 3. The normalized spacial score (nSPS) is 10.1.